The third kappa shape index (κ3) is 5.72. The molecule has 2 aromatic carbocycles. The van der Waals surface area contributed by atoms with Crippen molar-refractivity contribution in [2.24, 2.45) is 0 Å². The van der Waals surface area contributed by atoms with Crippen molar-refractivity contribution in [1.29, 1.82) is 0 Å². The van der Waals surface area contributed by atoms with Crippen molar-refractivity contribution in [2.75, 3.05) is 6.26 Å². The fraction of sp³-hybridized carbons (Fsp3) is 0.136. The molecule has 174 valence electrons. The molecule has 0 aliphatic rings. The number of rotatable bonds is 6. The Kier molecular flexibility index (Phi) is 8.60. The van der Waals surface area contributed by atoms with Gasteiger partial charge in [-0.25, -0.2) is 9.67 Å². The minimum Gasteiger partial charge on any atom is -0.258 e. The predicted octanol–water partition coefficient (Wildman–Crippen LogP) is 6.25. The first-order valence-corrected chi connectivity index (χ1v) is 12.4. The molecule has 4 rings (SSSR count). The van der Waals surface area contributed by atoms with Crippen LogP contribution in [-0.4, -0.2) is 32.1 Å². The molecule has 0 bridgehead atoms. The number of para-hydroxylation sites is 1. The van der Waals surface area contributed by atoms with Crippen molar-refractivity contribution in [3.8, 4) is 16.4 Å². The van der Waals surface area contributed by atoms with Crippen LogP contribution in [0.1, 0.15) is 16.8 Å². The lowest BCUT2D eigenvalue weighted by atomic mass is 10.0. The molecule has 0 aliphatic carbocycles. The van der Waals surface area contributed by atoms with Gasteiger partial charge in [-0.05, 0) is 30.9 Å². The van der Waals surface area contributed by atoms with Crippen molar-refractivity contribution in [2.45, 2.75) is 17.6 Å². The normalized spacial score (nSPS) is 10.4. The first-order valence-electron chi connectivity index (χ1n) is 9.56. The van der Waals surface area contributed by atoms with Crippen LogP contribution in [0.3, 0.4) is 0 Å². The number of nitrogens with zero attached hydrogens (tertiary/aromatic N) is 4. The Bertz CT molecular complexity index is 1380. The second kappa shape index (κ2) is 11.4. The maximum Gasteiger partial charge on any atom is 0.373 e. The highest BCUT2D eigenvalue weighted by Gasteiger charge is 2.19. The summed E-state index contributed by atoms with van der Waals surface area (Å²) in [6.45, 7) is 1.89. The smallest absolute Gasteiger partial charge is 0.258 e. The summed E-state index contributed by atoms with van der Waals surface area (Å²) in [4.78, 5) is 32.0. The number of thioether (sulfide) groups is 1. The SMILES string of the molecule is CSc1sc(-n2cc(Cc3ccccc3[N+](=O)[O-])c(C)n2)nc1-c1ccc(Cl)c(Cl)c1.O=C=O. The zero-order valence-corrected chi connectivity index (χ0v) is 21.0. The average Bonchev–Trinajstić information content (AvgIpc) is 3.40. The van der Waals surface area contributed by atoms with E-state index in [1.165, 1.54) is 17.4 Å². The lowest BCUT2D eigenvalue weighted by Gasteiger charge is -2.02. The molecule has 0 unspecified atom stereocenters. The summed E-state index contributed by atoms with van der Waals surface area (Å²) in [6, 6.07) is 12.2. The summed E-state index contributed by atoms with van der Waals surface area (Å²) in [5, 5.41) is 17.6. The zero-order valence-electron chi connectivity index (χ0n) is 17.8. The molecule has 0 amide bonds. The van der Waals surface area contributed by atoms with Crippen molar-refractivity contribution in [3.63, 3.8) is 0 Å². The van der Waals surface area contributed by atoms with Crippen molar-refractivity contribution in [1.82, 2.24) is 14.8 Å². The van der Waals surface area contributed by atoms with E-state index in [-0.39, 0.29) is 16.8 Å². The van der Waals surface area contributed by atoms with Gasteiger partial charge >= 0.3 is 6.15 Å². The van der Waals surface area contributed by atoms with E-state index in [1.807, 2.05) is 25.4 Å². The van der Waals surface area contributed by atoms with Crippen molar-refractivity contribution < 1.29 is 14.5 Å². The molecule has 0 aliphatic heterocycles. The van der Waals surface area contributed by atoms with E-state index in [4.69, 9.17) is 37.8 Å². The Labute approximate surface area is 212 Å². The Morgan fingerprint density at radius 3 is 2.50 bits per heavy atom. The number of benzene rings is 2. The summed E-state index contributed by atoms with van der Waals surface area (Å²) in [6.07, 6.45) is 4.55. The molecule has 0 saturated heterocycles. The number of thiazole rings is 1. The lowest BCUT2D eigenvalue weighted by molar-refractivity contribution is -0.385. The Balaban J connectivity index is 0.00000103. The maximum atomic E-state index is 11.3. The van der Waals surface area contributed by atoms with E-state index in [0.717, 1.165) is 26.7 Å². The molecule has 4 aromatic rings. The van der Waals surface area contributed by atoms with E-state index in [1.54, 1.807) is 46.8 Å². The summed E-state index contributed by atoms with van der Waals surface area (Å²) in [5.41, 5.74) is 4.16. The molecule has 0 saturated carbocycles. The van der Waals surface area contributed by atoms with Crippen LogP contribution < -0.4 is 0 Å². The van der Waals surface area contributed by atoms with Gasteiger partial charge in [0, 0.05) is 29.8 Å². The fourth-order valence-electron chi connectivity index (χ4n) is 3.17. The average molecular weight is 535 g/mol. The number of halogens is 2. The molecule has 0 spiro atoms. The molecule has 0 atom stereocenters. The van der Waals surface area contributed by atoms with Gasteiger partial charge in [-0.1, -0.05) is 58.8 Å². The van der Waals surface area contributed by atoms with E-state index >= 15 is 0 Å². The van der Waals surface area contributed by atoms with Crippen molar-refractivity contribution in [3.05, 3.63) is 85.6 Å². The molecule has 0 N–H and O–H groups in total. The molecule has 8 nitrogen and oxygen atoms in total. The maximum absolute atomic E-state index is 11.3. The van der Waals surface area contributed by atoms with Gasteiger partial charge in [-0.3, -0.25) is 10.1 Å². The summed E-state index contributed by atoms with van der Waals surface area (Å²) in [5.74, 6) is 0. The van der Waals surface area contributed by atoms with Gasteiger partial charge in [-0.2, -0.15) is 14.7 Å². The third-order valence-corrected chi connectivity index (χ3v) is 7.62. The van der Waals surface area contributed by atoms with Gasteiger partial charge < -0.3 is 0 Å². The van der Waals surface area contributed by atoms with Crippen LogP contribution in [0, 0.1) is 17.0 Å². The molecule has 0 radical (unpaired) electrons. The molecule has 12 heteroatoms. The Morgan fingerprint density at radius 2 is 1.85 bits per heavy atom. The van der Waals surface area contributed by atoms with E-state index < -0.39 is 0 Å². The summed E-state index contributed by atoms with van der Waals surface area (Å²) in [7, 11) is 0. The predicted molar refractivity (Wildman–Crippen MR) is 132 cm³/mol. The van der Waals surface area contributed by atoms with Crippen LogP contribution in [0.2, 0.25) is 10.0 Å². The molecule has 34 heavy (non-hydrogen) atoms. The summed E-state index contributed by atoms with van der Waals surface area (Å²) < 4.78 is 2.76. The third-order valence-electron chi connectivity index (χ3n) is 4.73. The first-order chi connectivity index (χ1) is 16.3. The number of aryl methyl sites for hydroxylation is 1. The Hall–Kier alpha value is -3.01. The highest BCUT2D eigenvalue weighted by Crippen LogP contribution is 2.38. The number of aromatic nitrogens is 3. The number of hydrogen-bond donors (Lipinski definition) is 0. The number of hydrogen-bond acceptors (Lipinski definition) is 8. The van der Waals surface area contributed by atoms with Crippen LogP contribution in [0.5, 0.6) is 0 Å². The standard InChI is InChI=1S/C21H16Cl2N4O2S2.CO2/c1-12-15(9-13-5-3-4-6-18(13)27(28)29)11-26(25-12)21-24-19(20(30-2)31-21)14-7-8-16(22)17(23)10-14;2-1-3/h3-8,10-11H,9H2,1-2H3;. The lowest BCUT2D eigenvalue weighted by Crippen LogP contribution is -1.96. The van der Waals surface area contributed by atoms with Gasteiger partial charge in [0.15, 0.2) is 0 Å². The van der Waals surface area contributed by atoms with Crippen LogP contribution in [0.4, 0.5) is 5.69 Å². The summed E-state index contributed by atoms with van der Waals surface area (Å²) >= 11 is 15.4. The van der Waals surface area contributed by atoms with Crippen LogP contribution >= 0.6 is 46.3 Å². The Morgan fingerprint density at radius 1 is 1.15 bits per heavy atom. The topological polar surface area (TPSA) is 108 Å². The van der Waals surface area contributed by atoms with E-state index in [2.05, 4.69) is 5.10 Å². The number of nitro groups is 1. The van der Waals surface area contributed by atoms with Crippen molar-refractivity contribution >= 4 is 58.1 Å². The van der Waals surface area contributed by atoms with E-state index in [0.29, 0.717) is 27.2 Å². The molecular formula is C22H16Cl2N4O4S2. The molecule has 2 heterocycles. The fourth-order valence-corrected chi connectivity index (χ4v) is 5.13. The largest absolute Gasteiger partial charge is 0.373 e. The van der Waals surface area contributed by atoms with Crippen LogP contribution in [-0.2, 0) is 16.0 Å². The van der Waals surface area contributed by atoms with Gasteiger partial charge in [0.2, 0.25) is 5.13 Å². The van der Waals surface area contributed by atoms with Gasteiger partial charge in [0.25, 0.3) is 5.69 Å². The van der Waals surface area contributed by atoms with Gasteiger partial charge in [-0.15, -0.1) is 11.8 Å². The quantitative estimate of drug-likeness (QED) is 0.163. The molecule has 2 aromatic heterocycles. The second-order valence-corrected chi connectivity index (χ2v) is 9.66. The first kappa shape index (κ1) is 25.6. The minimum absolute atomic E-state index is 0.107. The number of nitro benzene ring substituents is 1. The molecule has 0 fully saturated rings. The number of carbonyl (C=O) groups excluding carboxylic acids is 2. The zero-order chi connectivity index (χ0) is 24.8. The highest BCUT2D eigenvalue weighted by molar-refractivity contribution is 8.00. The van der Waals surface area contributed by atoms with Crippen LogP contribution in [0.25, 0.3) is 16.4 Å². The van der Waals surface area contributed by atoms with Gasteiger partial charge in [0.1, 0.15) is 0 Å². The minimum atomic E-state index is -0.357. The van der Waals surface area contributed by atoms with Crippen LogP contribution in [0.15, 0.2) is 52.9 Å². The second-order valence-electron chi connectivity index (χ2n) is 6.80. The van der Waals surface area contributed by atoms with E-state index in [9.17, 15) is 10.1 Å². The monoisotopic (exact) mass is 534 g/mol. The van der Waals surface area contributed by atoms with Gasteiger partial charge in [0.05, 0.1) is 30.6 Å². The highest BCUT2D eigenvalue weighted by atomic mass is 35.5. The molecular weight excluding hydrogens is 519 g/mol.